The van der Waals surface area contributed by atoms with Crippen LogP contribution >= 0.6 is 11.6 Å². The zero-order chi connectivity index (χ0) is 15.6. The average molecular weight is 320 g/mol. The average Bonchev–Trinajstić information content (AvgIpc) is 2.62. The van der Waals surface area contributed by atoms with Gasteiger partial charge in [0.15, 0.2) is 0 Å². The van der Waals surface area contributed by atoms with Crippen molar-refractivity contribution in [3.63, 3.8) is 0 Å². The fourth-order valence-electron chi connectivity index (χ4n) is 3.39. The van der Waals surface area contributed by atoms with Gasteiger partial charge in [-0.1, -0.05) is 60.1 Å². The maximum atomic E-state index is 6.40. The number of halogens is 1. The van der Waals surface area contributed by atoms with E-state index >= 15 is 0 Å². The van der Waals surface area contributed by atoms with Crippen LogP contribution in [-0.4, -0.2) is 4.98 Å². The summed E-state index contributed by atoms with van der Waals surface area (Å²) >= 11 is 6.40. The first-order valence-corrected chi connectivity index (χ1v) is 8.54. The maximum Gasteiger partial charge on any atom is 0.0726 e. The molecule has 23 heavy (non-hydrogen) atoms. The number of nitrogens with zero attached hydrogens (tertiary/aromatic N) is 1. The molecule has 3 aromatic rings. The molecule has 1 aliphatic carbocycles. The smallest absolute Gasteiger partial charge is 0.0726 e. The van der Waals surface area contributed by atoms with Crippen LogP contribution in [0.3, 0.4) is 0 Å². The first kappa shape index (κ1) is 14.5. The van der Waals surface area contributed by atoms with E-state index in [1.54, 1.807) is 0 Å². The molecule has 0 amide bonds. The van der Waals surface area contributed by atoms with Crippen LogP contribution in [0.15, 0.2) is 60.7 Å². The molecule has 1 aliphatic rings. The molecule has 2 aromatic carbocycles. The number of aryl methyl sites for hydroxylation is 1. The lowest BCUT2D eigenvalue weighted by atomic mass is 9.88. The minimum Gasteiger partial charge on any atom is -0.252 e. The molecule has 0 aliphatic heterocycles. The summed E-state index contributed by atoms with van der Waals surface area (Å²) in [5, 5.41) is 0.759. The van der Waals surface area contributed by atoms with Gasteiger partial charge >= 0.3 is 0 Å². The summed E-state index contributed by atoms with van der Waals surface area (Å²) in [6.07, 6.45) is 4.66. The minimum absolute atomic E-state index is 0.759. The number of hydrogen-bond donors (Lipinski definition) is 0. The van der Waals surface area contributed by atoms with E-state index in [1.807, 2.05) is 18.2 Å². The molecule has 0 atom stereocenters. The molecule has 114 valence electrons. The van der Waals surface area contributed by atoms with Crippen LogP contribution in [0.25, 0.3) is 22.4 Å². The van der Waals surface area contributed by atoms with Crippen molar-refractivity contribution >= 4 is 11.6 Å². The molecule has 0 bridgehead atoms. The van der Waals surface area contributed by atoms with Crippen LogP contribution < -0.4 is 0 Å². The van der Waals surface area contributed by atoms with Crippen LogP contribution in [0.2, 0.25) is 5.02 Å². The Labute approximate surface area is 142 Å². The molecular formula is C21H18ClN. The van der Waals surface area contributed by atoms with Crippen molar-refractivity contribution in [3.8, 4) is 22.4 Å². The Hall–Kier alpha value is -2.12. The summed E-state index contributed by atoms with van der Waals surface area (Å²) < 4.78 is 0. The molecule has 0 saturated carbocycles. The van der Waals surface area contributed by atoms with Gasteiger partial charge in [0.25, 0.3) is 0 Å². The third kappa shape index (κ3) is 2.77. The van der Waals surface area contributed by atoms with E-state index in [1.165, 1.54) is 35.2 Å². The summed E-state index contributed by atoms with van der Waals surface area (Å²) in [4.78, 5) is 4.95. The lowest BCUT2D eigenvalue weighted by Gasteiger charge is -2.20. The van der Waals surface area contributed by atoms with E-state index in [0.717, 1.165) is 29.1 Å². The second kappa shape index (κ2) is 6.17. The molecule has 1 aromatic heterocycles. The van der Waals surface area contributed by atoms with Gasteiger partial charge in [0, 0.05) is 16.3 Å². The lowest BCUT2D eigenvalue weighted by Crippen LogP contribution is -2.08. The third-order valence-corrected chi connectivity index (χ3v) is 4.86. The number of hydrogen-bond acceptors (Lipinski definition) is 1. The second-order valence-corrected chi connectivity index (χ2v) is 6.44. The molecular weight excluding hydrogens is 302 g/mol. The van der Waals surface area contributed by atoms with E-state index < -0.39 is 0 Å². The van der Waals surface area contributed by atoms with Crippen molar-refractivity contribution in [1.29, 1.82) is 0 Å². The zero-order valence-corrected chi connectivity index (χ0v) is 13.7. The summed E-state index contributed by atoms with van der Waals surface area (Å²) in [6, 6.07) is 20.8. The molecule has 4 rings (SSSR count). The van der Waals surface area contributed by atoms with Crippen molar-refractivity contribution < 1.29 is 0 Å². The summed E-state index contributed by atoms with van der Waals surface area (Å²) in [5.74, 6) is 0. The number of pyridine rings is 1. The van der Waals surface area contributed by atoms with Crippen molar-refractivity contribution in [2.75, 3.05) is 0 Å². The molecule has 1 heterocycles. The molecule has 1 nitrogen and oxygen atoms in total. The standard InChI is InChI=1S/C21H18ClN/c22-19-12-6-4-11-17(19)21-14-18(15-8-2-1-3-9-15)16-10-5-7-13-20(16)23-21/h1-4,6,8-9,11-12,14H,5,7,10,13H2. The monoisotopic (exact) mass is 319 g/mol. The number of benzene rings is 2. The van der Waals surface area contributed by atoms with Crippen LogP contribution in [0.5, 0.6) is 0 Å². The molecule has 0 saturated heterocycles. The number of fused-ring (bicyclic) bond motifs is 1. The molecule has 0 unspecified atom stereocenters. The normalized spacial score (nSPS) is 13.6. The highest BCUT2D eigenvalue weighted by atomic mass is 35.5. The number of aromatic nitrogens is 1. The van der Waals surface area contributed by atoms with Gasteiger partial charge in [-0.05, 0) is 54.5 Å². The highest BCUT2D eigenvalue weighted by Crippen LogP contribution is 2.35. The summed E-state index contributed by atoms with van der Waals surface area (Å²) in [5.41, 5.74) is 7.23. The quantitative estimate of drug-likeness (QED) is 0.569. The van der Waals surface area contributed by atoms with Gasteiger partial charge in [0.05, 0.1) is 5.69 Å². The Kier molecular flexibility index (Phi) is 3.88. The first-order valence-electron chi connectivity index (χ1n) is 8.16. The number of rotatable bonds is 2. The fourth-order valence-corrected chi connectivity index (χ4v) is 3.62. The third-order valence-electron chi connectivity index (χ3n) is 4.53. The van der Waals surface area contributed by atoms with Crippen LogP contribution in [0.4, 0.5) is 0 Å². The summed E-state index contributed by atoms with van der Waals surface area (Å²) in [7, 11) is 0. The molecule has 0 fully saturated rings. The second-order valence-electron chi connectivity index (χ2n) is 6.03. The first-order chi connectivity index (χ1) is 11.3. The molecule has 0 spiro atoms. The van der Waals surface area contributed by atoms with Crippen molar-refractivity contribution in [1.82, 2.24) is 4.98 Å². The predicted octanol–water partition coefficient (Wildman–Crippen LogP) is 5.95. The highest BCUT2D eigenvalue weighted by Gasteiger charge is 2.18. The Morgan fingerprint density at radius 2 is 1.52 bits per heavy atom. The Morgan fingerprint density at radius 3 is 2.35 bits per heavy atom. The van der Waals surface area contributed by atoms with E-state index in [-0.39, 0.29) is 0 Å². The van der Waals surface area contributed by atoms with Crippen molar-refractivity contribution in [2.24, 2.45) is 0 Å². The van der Waals surface area contributed by atoms with Gasteiger partial charge in [-0.3, -0.25) is 4.98 Å². The van der Waals surface area contributed by atoms with Gasteiger partial charge in [0.2, 0.25) is 0 Å². The molecule has 2 heteroatoms. The van der Waals surface area contributed by atoms with E-state index in [4.69, 9.17) is 16.6 Å². The van der Waals surface area contributed by atoms with Gasteiger partial charge in [0.1, 0.15) is 0 Å². The van der Waals surface area contributed by atoms with E-state index in [0.29, 0.717) is 0 Å². The highest BCUT2D eigenvalue weighted by molar-refractivity contribution is 6.33. The van der Waals surface area contributed by atoms with Crippen molar-refractivity contribution in [3.05, 3.63) is 76.9 Å². The molecule has 0 N–H and O–H groups in total. The summed E-state index contributed by atoms with van der Waals surface area (Å²) in [6.45, 7) is 0. The zero-order valence-electron chi connectivity index (χ0n) is 12.9. The van der Waals surface area contributed by atoms with Crippen molar-refractivity contribution in [2.45, 2.75) is 25.7 Å². The molecule has 0 radical (unpaired) electrons. The van der Waals surface area contributed by atoms with Gasteiger partial charge < -0.3 is 0 Å². The largest absolute Gasteiger partial charge is 0.252 e. The SMILES string of the molecule is Clc1ccccc1-c1cc(-c2ccccc2)c2c(n1)CCCC2. The van der Waals surface area contributed by atoms with Crippen LogP contribution in [0, 0.1) is 0 Å². The van der Waals surface area contributed by atoms with Crippen LogP contribution in [-0.2, 0) is 12.8 Å². The lowest BCUT2D eigenvalue weighted by molar-refractivity contribution is 0.670. The van der Waals surface area contributed by atoms with E-state index in [2.05, 4.69) is 42.5 Å². The fraction of sp³-hybridized carbons (Fsp3) is 0.190. The van der Waals surface area contributed by atoms with E-state index in [9.17, 15) is 0 Å². The predicted molar refractivity (Wildman–Crippen MR) is 96.8 cm³/mol. The van der Waals surface area contributed by atoms with Gasteiger partial charge in [-0.15, -0.1) is 0 Å². The van der Waals surface area contributed by atoms with Gasteiger partial charge in [-0.2, -0.15) is 0 Å². The van der Waals surface area contributed by atoms with Crippen LogP contribution in [0.1, 0.15) is 24.1 Å². The minimum atomic E-state index is 0.759. The topological polar surface area (TPSA) is 12.9 Å². The Bertz CT molecular complexity index is 840. The van der Waals surface area contributed by atoms with Gasteiger partial charge in [-0.25, -0.2) is 0 Å². The Morgan fingerprint density at radius 1 is 0.783 bits per heavy atom. The Balaban J connectivity index is 1.94. The maximum absolute atomic E-state index is 6.40.